The van der Waals surface area contributed by atoms with Crippen LogP contribution in [0, 0.1) is 5.92 Å². The maximum Gasteiger partial charge on any atom is 0.144 e. The van der Waals surface area contributed by atoms with Crippen LogP contribution in [0.5, 0.6) is 0 Å². The van der Waals surface area contributed by atoms with Crippen molar-refractivity contribution in [1.29, 1.82) is 0 Å². The van der Waals surface area contributed by atoms with Gasteiger partial charge in [0.2, 0.25) is 0 Å². The summed E-state index contributed by atoms with van der Waals surface area (Å²) in [6, 6.07) is 0. The Morgan fingerprint density at radius 1 is 1.50 bits per heavy atom. The van der Waals surface area contributed by atoms with Crippen molar-refractivity contribution < 1.29 is 0 Å². The van der Waals surface area contributed by atoms with Gasteiger partial charge in [-0.05, 0) is 48.0 Å². The van der Waals surface area contributed by atoms with Crippen LogP contribution in [0.25, 0.3) is 0 Å². The lowest BCUT2D eigenvalue weighted by atomic mass is 10.1. The minimum Gasteiger partial charge on any atom is -0.369 e. The molecule has 1 saturated carbocycles. The molecule has 16 heavy (non-hydrogen) atoms. The van der Waals surface area contributed by atoms with E-state index in [2.05, 4.69) is 45.1 Å². The first-order chi connectivity index (χ1) is 7.70. The molecule has 1 aliphatic rings. The topological polar surface area (TPSA) is 37.8 Å². The molecule has 0 aromatic carbocycles. The third-order valence-electron chi connectivity index (χ3n) is 3.17. The molecule has 1 N–H and O–H groups in total. The average Bonchev–Trinajstić information content (AvgIpc) is 2.69. The van der Waals surface area contributed by atoms with Gasteiger partial charge in [-0.3, -0.25) is 0 Å². The van der Waals surface area contributed by atoms with Gasteiger partial charge < -0.3 is 5.32 Å². The van der Waals surface area contributed by atoms with Gasteiger partial charge in [0.25, 0.3) is 0 Å². The van der Waals surface area contributed by atoms with E-state index in [0.29, 0.717) is 5.92 Å². The SMILES string of the molecule is CCNc1nc(C2CCC(C)C2)ncc1Br. The average molecular weight is 284 g/mol. The van der Waals surface area contributed by atoms with E-state index in [1.54, 1.807) is 0 Å². The van der Waals surface area contributed by atoms with Gasteiger partial charge in [0.1, 0.15) is 11.6 Å². The summed E-state index contributed by atoms with van der Waals surface area (Å²) in [4.78, 5) is 9.05. The van der Waals surface area contributed by atoms with E-state index in [1.165, 1.54) is 19.3 Å². The highest BCUT2D eigenvalue weighted by Gasteiger charge is 2.25. The molecule has 1 heterocycles. The predicted octanol–water partition coefficient (Wildman–Crippen LogP) is 3.57. The number of halogens is 1. The number of nitrogens with one attached hydrogen (secondary N) is 1. The second kappa shape index (κ2) is 5.13. The fraction of sp³-hybridized carbons (Fsp3) is 0.667. The van der Waals surface area contributed by atoms with Crippen molar-refractivity contribution in [3.63, 3.8) is 0 Å². The molecule has 1 aromatic heterocycles. The summed E-state index contributed by atoms with van der Waals surface area (Å²) in [7, 11) is 0. The first kappa shape index (κ1) is 11.8. The predicted molar refractivity (Wildman–Crippen MR) is 69.7 cm³/mol. The normalized spacial score (nSPS) is 24.7. The quantitative estimate of drug-likeness (QED) is 0.922. The highest BCUT2D eigenvalue weighted by molar-refractivity contribution is 9.10. The molecule has 0 saturated heterocycles. The molecular formula is C12H18BrN3. The second-order valence-corrected chi connectivity index (χ2v) is 5.42. The number of aromatic nitrogens is 2. The Balaban J connectivity index is 2.18. The summed E-state index contributed by atoms with van der Waals surface area (Å²) < 4.78 is 0.948. The van der Waals surface area contributed by atoms with Gasteiger partial charge >= 0.3 is 0 Å². The third kappa shape index (κ3) is 2.54. The highest BCUT2D eigenvalue weighted by Crippen LogP contribution is 2.37. The van der Waals surface area contributed by atoms with Crippen molar-refractivity contribution in [2.75, 3.05) is 11.9 Å². The Morgan fingerprint density at radius 2 is 2.31 bits per heavy atom. The van der Waals surface area contributed by atoms with Crippen LogP contribution in [0.2, 0.25) is 0 Å². The molecule has 2 atom stereocenters. The standard InChI is InChI=1S/C12H18BrN3/c1-3-14-12-10(13)7-15-11(16-12)9-5-4-8(2)6-9/h7-9H,3-6H2,1-2H3,(H,14,15,16). The van der Waals surface area contributed by atoms with Gasteiger partial charge in [0, 0.05) is 18.7 Å². The lowest BCUT2D eigenvalue weighted by molar-refractivity contribution is 0.585. The van der Waals surface area contributed by atoms with Gasteiger partial charge in [0.15, 0.2) is 0 Å². The van der Waals surface area contributed by atoms with E-state index in [1.807, 2.05) is 6.20 Å². The number of rotatable bonds is 3. The molecule has 2 rings (SSSR count). The van der Waals surface area contributed by atoms with E-state index in [9.17, 15) is 0 Å². The number of hydrogen-bond donors (Lipinski definition) is 1. The van der Waals surface area contributed by atoms with Crippen molar-refractivity contribution in [3.8, 4) is 0 Å². The Hall–Kier alpha value is -0.640. The van der Waals surface area contributed by atoms with Crippen molar-refractivity contribution >= 4 is 21.7 Å². The molecule has 0 aliphatic heterocycles. The molecule has 0 spiro atoms. The fourth-order valence-electron chi connectivity index (χ4n) is 2.31. The molecule has 2 unspecified atom stereocenters. The summed E-state index contributed by atoms with van der Waals surface area (Å²) in [5, 5.41) is 3.25. The number of anilines is 1. The van der Waals surface area contributed by atoms with Crippen LogP contribution >= 0.6 is 15.9 Å². The van der Waals surface area contributed by atoms with Crippen molar-refractivity contribution in [1.82, 2.24) is 9.97 Å². The molecule has 88 valence electrons. The van der Waals surface area contributed by atoms with Crippen LogP contribution in [0.15, 0.2) is 10.7 Å². The van der Waals surface area contributed by atoms with E-state index in [0.717, 1.165) is 28.6 Å². The maximum atomic E-state index is 4.61. The lowest BCUT2D eigenvalue weighted by Gasteiger charge is -2.11. The molecule has 0 radical (unpaired) electrons. The Morgan fingerprint density at radius 3 is 2.94 bits per heavy atom. The first-order valence-corrected chi connectivity index (χ1v) is 6.76. The van der Waals surface area contributed by atoms with Crippen molar-refractivity contribution in [2.45, 2.75) is 39.0 Å². The first-order valence-electron chi connectivity index (χ1n) is 5.97. The molecule has 1 aliphatic carbocycles. The van der Waals surface area contributed by atoms with Crippen LogP contribution in [0.1, 0.15) is 44.9 Å². The highest BCUT2D eigenvalue weighted by atomic mass is 79.9. The van der Waals surface area contributed by atoms with Crippen LogP contribution in [0.3, 0.4) is 0 Å². The summed E-state index contributed by atoms with van der Waals surface area (Å²) >= 11 is 3.46. The van der Waals surface area contributed by atoms with E-state index < -0.39 is 0 Å². The van der Waals surface area contributed by atoms with Crippen LogP contribution in [-0.4, -0.2) is 16.5 Å². The molecule has 4 heteroatoms. The van der Waals surface area contributed by atoms with Crippen LogP contribution in [-0.2, 0) is 0 Å². The van der Waals surface area contributed by atoms with Gasteiger partial charge in [-0.2, -0.15) is 0 Å². The number of hydrogen-bond acceptors (Lipinski definition) is 3. The lowest BCUT2D eigenvalue weighted by Crippen LogP contribution is -2.06. The van der Waals surface area contributed by atoms with E-state index in [4.69, 9.17) is 0 Å². The minimum absolute atomic E-state index is 0.556. The van der Waals surface area contributed by atoms with Gasteiger partial charge in [-0.25, -0.2) is 9.97 Å². The Kier molecular flexibility index (Phi) is 3.79. The van der Waals surface area contributed by atoms with Gasteiger partial charge in [-0.15, -0.1) is 0 Å². The van der Waals surface area contributed by atoms with Gasteiger partial charge in [0.05, 0.1) is 4.47 Å². The molecule has 1 aromatic rings. The van der Waals surface area contributed by atoms with Crippen molar-refractivity contribution in [3.05, 3.63) is 16.5 Å². The van der Waals surface area contributed by atoms with E-state index in [-0.39, 0.29) is 0 Å². The number of nitrogens with zero attached hydrogens (tertiary/aromatic N) is 2. The summed E-state index contributed by atoms with van der Waals surface area (Å²) in [6.45, 7) is 5.27. The zero-order valence-corrected chi connectivity index (χ0v) is 11.4. The third-order valence-corrected chi connectivity index (χ3v) is 3.75. The monoisotopic (exact) mass is 283 g/mol. The largest absolute Gasteiger partial charge is 0.369 e. The molecule has 3 nitrogen and oxygen atoms in total. The van der Waals surface area contributed by atoms with Crippen LogP contribution < -0.4 is 5.32 Å². The summed E-state index contributed by atoms with van der Waals surface area (Å²) in [6.07, 6.45) is 5.63. The Labute approximate surface area is 105 Å². The zero-order valence-electron chi connectivity index (χ0n) is 9.83. The van der Waals surface area contributed by atoms with Crippen molar-refractivity contribution in [2.24, 2.45) is 5.92 Å². The second-order valence-electron chi connectivity index (χ2n) is 4.57. The molecule has 0 amide bonds. The molecular weight excluding hydrogens is 266 g/mol. The maximum absolute atomic E-state index is 4.61. The zero-order chi connectivity index (χ0) is 11.5. The smallest absolute Gasteiger partial charge is 0.144 e. The summed E-state index contributed by atoms with van der Waals surface area (Å²) in [5.74, 6) is 3.30. The van der Waals surface area contributed by atoms with Gasteiger partial charge in [-0.1, -0.05) is 6.92 Å². The fourth-order valence-corrected chi connectivity index (χ4v) is 2.64. The molecule has 0 bridgehead atoms. The summed E-state index contributed by atoms with van der Waals surface area (Å²) in [5.41, 5.74) is 0. The van der Waals surface area contributed by atoms with Crippen LogP contribution in [0.4, 0.5) is 5.82 Å². The Bertz CT molecular complexity index is 367. The minimum atomic E-state index is 0.556. The molecule has 1 fully saturated rings. The van der Waals surface area contributed by atoms with E-state index >= 15 is 0 Å².